The van der Waals surface area contributed by atoms with Crippen molar-refractivity contribution in [2.45, 2.75) is 55.5 Å². The predicted molar refractivity (Wildman–Crippen MR) is 138 cm³/mol. The summed E-state index contributed by atoms with van der Waals surface area (Å²) >= 11 is 0. The molecule has 228 valence electrons. The summed E-state index contributed by atoms with van der Waals surface area (Å²) in [5.74, 6) is -1.70. The van der Waals surface area contributed by atoms with Crippen molar-refractivity contribution in [2.75, 3.05) is 13.2 Å². The van der Waals surface area contributed by atoms with Crippen LogP contribution in [0, 0.1) is 5.92 Å². The van der Waals surface area contributed by atoms with Gasteiger partial charge < -0.3 is 69.3 Å². The Bertz CT molecular complexity index is 1440. The molecule has 2 aliphatic rings. The van der Waals surface area contributed by atoms with Crippen molar-refractivity contribution in [3.63, 3.8) is 0 Å². The van der Waals surface area contributed by atoms with E-state index in [4.69, 9.17) is 23.4 Å². The van der Waals surface area contributed by atoms with E-state index in [2.05, 4.69) is 0 Å². The Balaban J connectivity index is 1.35. The van der Waals surface area contributed by atoms with Crippen molar-refractivity contribution >= 4 is 11.0 Å². The third-order valence-electron chi connectivity index (χ3n) is 7.20. The number of ether oxygens (including phenoxy) is 4. The van der Waals surface area contributed by atoms with E-state index in [9.17, 15) is 50.8 Å². The van der Waals surface area contributed by atoms with Gasteiger partial charge in [0.2, 0.25) is 6.29 Å². The lowest BCUT2D eigenvalue weighted by molar-refractivity contribution is -0.344. The number of phenolic OH excluding ortho intramolecular Hbond substituents is 2. The van der Waals surface area contributed by atoms with Crippen LogP contribution in [0.25, 0.3) is 22.3 Å². The average molecular weight is 595 g/mol. The monoisotopic (exact) mass is 594 g/mol. The fraction of sp³-hybridized carbons (Fsp3) is 0.444. The quantitative estimate of drug-likeness (QED) is 0.145. The smallest absolute Gasteiger partial charge is 0.229 e. The fourth-order valence-corrected chi connectivity index (χ4v) is 4.81. The van der Waals surface area contributed by atoms with Crippen molar-refractivity contribution in [3.05, 3.63) is 52.7 Å². The molecule has 2 aromatic carbocycles. The van der Waals surface area contributed by atoms with Crippen LogP contribution < -0.4 is 10.2 Å². The van der Waals surface area contributed by atoms with E-state index in [0.29, 0.717) is 5.56 Å². The first-order valence-corrected chi connectivity index (χ1v) is 12.9. The second kappa shape index (κ2) is 12.1. The van der Waals surface area contributed by atoms with Crippen LogP contribution in [-0.4, -0.2) is 115 Å². The summed E-state index contributed by atoms with van der Waals surface area (Å²) in [5, 5.41) is 90.5. The number of rotatable bonds is 7. The van der Waals surface area contributed by atoms with Gasteiger partial charge in [0.1, 0.15) is 64.5 Å². The molecule has 0 amide bonds. The Labute approximate surface area is 236 Å². The molecule has 0 spiro atoms. The molecule has 0 unspecified atom stereocenters. The molecule has 1 aromatic heterocycles. The lowest BCUT2D eigenvalue weighted by Gasteiger charge is -2.42. The highest BCUT2D eigenvalue weighted by molar-refractivity contribution is 5.86. The van der Waals surface area contributed by atoms with Crippen LogP contribution in [0.15, 0.2) is 51.7 Å². The Hall–Kier alpha value is -3.35. The zero-order chi connectivity index (χ0) is 30.3. The first-order valence-electron chi connectivity index (χ1n) is 12.9. The van der Waals surface area contributed by atoms with Crippen molar-refractivity contribution in [3.8, 4) is 28.6 Å². The molecule has 0 radical (unpaired) electrons. The number of fused-ring (bicyclic) bond motifs is 1. The first-order chi connectivity index (χ1) is 20.0. The van der Waals surface area contributed by atoms with E-state index >= 15 is 0 Å². The maximum absolute atomic E-state index is 12.7. The second-order valence-corrected chi connectivity index (χ2v) is 10.0. The van der Waals surface area contributed by atoms with Crippen LogP contribution in [0.2, 0.25) is 0 Å². The molecule has 2 fully saturated rings. The number of aliphatic hydroxyl groups is 7. The van der Waals surface area contributed by atoms with Crippen molar-refractivity contribution in [1.29, 1.82) is 0 Å². The van der Waals surface area contributed by atoms with Gasteiger partial charge in [0.25, 0.3) is 0 Å². The van der Waals surface area contributed by atoms with Crippen LogP contribution >= 0.6 is 0 Å². The minimum Gasteiger partial charge on any atom is -0.508 e. The standard InChI is InChI=1S/C27H30O15/c28-8-13-20(32)23(35)25(37)42-26(13)38-9-18-21(33)22(34)24(36)27(41-18)39-12-5-14(30)19-15(31)7-16(40-17(19)6-12)10-1-3-11(29)4-2-10/h1-7,13,18,20-30,32-37H,8-9H2/t13-,18+,20-,21+,22-,23+,24+,25+,26-,27+/m1/s1. The molecule has 2 saturated heterocycles. The van der Waals surface area contributed by atoms with Gasteiger partial charge in [0.15, 0.2) is 18.0 Å². The number of hydrogen-bond donors (Lipinski definition) is 9. The van der Waals surface area contributed by atoms with Crippen LogP contribution in [-0.2, 0) is 14.2 Å². The SMILES string of the molecule is O=c1cc(-c2ccc(O)cc2)oc2cc(O[C@H]3O[C@@H](CO[C@@H]4O[C@H](O)[C@@H](O)[C@H](O)[C@H]4CO)[C@H](O)[C@@H](O)[C@@H]3O)cc(O)c12. The summed E-state index contributed by atoms with van der Waals surface area (Å²) in [4.78, 5) is 12.7. The minimum atomic E-state index is -1.83. The fourth-order valence-electron chi connectivity index (χ4n) is 4.81. The third-order valence-corrected chi connectivity index (χ3v) is 7.20. The Kier molecular flexibility index (Phi) is 8.68. The van der Waals surface area contributed by atoms with Gasteiger partial charge in [-0.15, -0.1) is 0 Å². The average Bonchev–Trinajstić information content (AvgIpc) is 2.95. The summed E-state index contributed by atoms with van der Waals surface area (Å²) < 4.78 is 27.6. The van der Waals surface area contributed by atoms with Gasteiger partial charge >= 0.3 is 0 Å². The van der Waals surface area contributed by atoms with E-state index < -0.39 is 85.8 Å². The normalized spacial score (nSPS) is 33.5. The maximum atomic E-state index is 12.7. The predicted octanol–water partition coefficient (Wildman–Crippen LogP) is -1.92. The largest absolute Gasteiger partial charge is 0.508 e. The number of aliphatic hydroxyl groups excluding tert-OH is 7. The molecular weight excluding hydrogens is 564 g/mol. The topological polar surface area (TPSA) is 249 Å². The lowest BCUT2D eigenvalue weighted by atomic mass is 9.94. The van der Waals surface area contributed by atoms with Gasteiger partial charge in [-0.3, -0.25) is 4.79 Å². The Morgan fingerprint density at radius 1 is 0.786 bits per heavy atom. The summed E-state index contributed by atoms with van der Waals surface area (Å²) in [6.07, 6.45) is -14.9. The highest BCUT2D eigenvalue weighted by Gasteiger charge is 2.48. The third kappa shape index (κ3) is 5.80. The second-order valence-electron chi connectivity index (χ2n) is 10.0. The molecule has 3 aromatic rings. The van der Waals surface area contributed by atoms with E-state index in [-0.39, 0.29) is 28.2 Å². The van der Waals surface area contributed by atoms with E-state index in [1.165, 1.54) is 36.4 Å². The number of aromatic hydroxyl groups is 2. The number of phenols is 2. The lowest BCUT2D eigenvalue weighted by Crippen LogP contribution is -2.61. The van der Waals surface area contributed by atoms with Crippen molar-refractivity contribution in [1.82, 2.24) is 0 Å². The zero-order valence-electron chi connectivity index (χ0n) is 21.7. The van der Waals surface area contributed by atoms with Crippen LogP contribution in [0.5, 0.6) is 17.2 Å². The highest BCUT2D eigenvalue weighted by Crippen LogP contribution is 2.34. The highest BCUT2D eigenvalue weighted by atomic mass is 16.8. The first kappa shape index (κ1) is 30.1. The summed E-state index contributed by atoms with van der Waals surface area (Å²) in [6, 6.07) is 9.31. The van der Waals surface area contributed by atoms with Crippen molar-refractivity contribution in [2.24, 2.45) is 5.92 Å². The van der Waals surface area contributed by atoms with Gasteiger partial charge in [-0.2, -0.15) is 0 Å². The maximum Gasteiger partial charge on any atom is 0.229 e. The molecule has 9 N–H and O–H groups in total. The Morgan fingerprint density at radius 2 is 1.50 bits per heavy atom. The van der Waals surface area contributed by atoms with Gasteiger partial charge in [0.05, 0.1) is 25.2 Å². The molecule has 0 bridgehead atoms. The molecule has 15 heteroatoms. The van der Waals surface area contributed by atoms with Crippen LogP contribution in [0.4, 0.5) is 0 Å². The minimum absolute atomic E-state index is 0.00531. The van der Waals surface area contributed by atoms with Crippen LogP contribution in [0.3, 0.4) is 0 Å². The van der Waals surface area contributed by atoms with Gasteiger partial charge in [-0.1, -0.05) is 0 Å². The molecule has 2 aliphatic heterocycles. The van der Waals surface area contributed by atoms with E-state index in [1.807, 2.05) is 0 Å². The summed E-state index contributed by atoms with van der Waals surface area (Å²) in [7, 11) is 0. The molecule has 15 nitrogen and oxygen atoms in total. The molecule has 0 aliphatic carbocycles. The summed E-state index contributed by atoms with van der Waals surface area (Å²) in [6.45, 7) is -1.23. The van der Waals surface area contributed by atoms with Gasteiger partial charge in [-0.05, 0) is 24.3 Å². The van der Waals surface area contributed by atoms with Gasteiger partial charge in [-0.25, -0.2) is 0 Å². The molecule has 42 heavy (non-hydrogen) atoms. The van der Waals surface area contributed by atoms with Gasteiger partial charge in [0, 0.05) is 23.8 Å². The van der Waals surface area contributed by atoms with E-state index in [1.54, 1.807) is 0 Å². The molecular formula is C27H30O15. The molecule has 0 saturated carbocycles. The van der Waals surface area contributed by atoms with Crippen molar-refractivity contribution < 1.29 is 69.3 Å². The molecule has 5 rings (SSSR count). The number of hydrogen-bond acceptors (Lipinski definition) is 15. The molecule has 3 heterocycles. The Morgan fingerprint density at radius 3 is 2.19 bits per heavy atom. The molecule has 10 atom stereocenters. The zero-order valence-corrected chi connectivity index (χ0v) is 21.7. The van der Waals surface area contributed by atoms with E-state index in [0.717, 1.165) is 6.07 Å². The van der Waals surface area contributed by atoms with Crippen LogP contribution in [0.1, 0.15) is 0 Å². The summed E-state index contributed by atoms with van der Waals surface area (Å²) in [5.41, 5.74) is -0.194. The number of benzene rings is 2.